The molecule has 0 fully saturated rings. The lowest BCUT2D eigenvalue weighted by Gasteiger charge is -2.16. The maximum Gasteiger partial charge on any atom is 0.271 e. The van der Waals surface area contributed by atoms with Gasteiger partial charge in [0.2, 0.25) is 5.91 Å². The van der Waals surface area contributed by atoms with Crippen LogP contribution in [-0.4, -0.2) is 22.8 Å². The van der Waals surface area contributed by atoms with Crippen LogP contribution in [0.5, 0.6) is 5.75 Å². The summed E-state index contributed by atoms with van der Waals surface area (Å²) in [5.41, 5.74) is 2.48. The number of ether oxygens (including phenoxy) is 1. The molecule has 0 bridgehead atoms. The van der Waals surface area contributed by atoms with Gasteiger partial charge in [0.25, 0.3) is 5.56 Å². The number of methoxy groups -OCH3 is 1. The van der Waals surface area contributed by atoms with E-state index in [9.17, 15) is 9.59 Å². The second kappa shape index (κ2) is 8.92. The van der Waals surface area contributed by atoms with Crippen LogP contribution in [0.15, 0.2) is 59.4 Å². The van der Waals surface area contributed by atoms with E-state index in [1.165, 1.54) is 4.68 Å². The number of nitrogens with one attached hydrogen (secondary N) is 1. The van der Waals surface area contributed by atoms with Gasteiger partial charge in [-0.15, -0.1) is 0 Å². The molecule has 0 aliphatic heterocycles. The van der Waals surface area contributed by atoms with Crippen LogP contribution < -0.4 is 15.6 Å². The number of carbonyl (C=O) groups is 1. The van der Waals surface area contributed by atoms with Gasteiger partial charge in [-0.1, -0.05) is 23.7 Å². The van der Waals surface area contributed by atoms with Crippen molar-refractivity contribution in [1.82, 2.24) is 9.78 Å². The van der Waals surface area contributed by atoms with Crippen LogP contribution in [0.1, 0.15) is 29.8 Å². The van der Waals surface area contributed by atoms with Crippen molar-refractivity contribution in [3.05, 3.63) is 86.8 Å². The van der Waals surface area contributed by atoms with Gasteiger partial charge in [0.15, 0.2) is 0 Å². The molecule has 3 rings (SSSR count). The molecular weight excluding hydrogens is 390 g/mol. The molecule has 7 heteroatoms. The van der Waals surface area contributed by atoms with Crippen molar-refractivity contribution < 1.29 is 9.53 Å². The SMILES string of the molecule is COc1cccc(Cc2cc(C)nn(C(C)C(=O)Nc3ccc(Cl)cc3)c2=O)c1. The summed E-state index contributed by atoms with van der Waals surface area (Å²) in [4.78, 5) is 25.6. The number of benzene rings is 2. The fourth-order valence-corrected chi connectivity index (χ4v) is 3.11. The first kappa shape index (κ1) is 20.6. The third-order valence-electron chi connectivity index (χ3n) is 4.52. The Balaban J connectivity index is 1.86. The van der Waals surface area contributed by atoms with Crippen LogP contribution in [0.2, 0.25) is 5.02 Å². The average molecular weight is 412 g/mol. The predicted octanol–water partition coefficient (Wildman–Crippen LogP) is 4.00. The van der Waals surface area contributed by atoms with E-state index in [2.05, 4.69) is 10.4 Å². The highest BCUT2D eigenvalue weighted by molar-refractivity contribution is 6.30. The lowest BCUT2D eigenvalue weighted by Crippen LogP contribution is -2.35. The van der Waals surface area contributed by atoms with E-state index in [0.29, 0.717) is 28.4 Å². The molecule has 1 heterocycles. The monoisotopic (exact) mass is 411 g/mol. The Morgan fingerprint density at radius 3 is 2.62 bits per heavy atom. The Hall–Kier alpha value is -3.12. The van der Waals surface area contributed by atoms with Crippen LogP contribution in [-0.2, 0) is 11.2 Å². The fourth-order valence-electron chi connectivity index (χ4n) is 2.99. The molecule has 1 N–H and O–H groups in total. The molecular formula is C22H22ClN3O3. The van der Waals surface area contributed by atoms with E-state index >= 15 is 0 Å². The second-order valence-corrected chi connectivity index (χ2v) is 7.20. The first-order valence-electron chi connectivity index (χ1n) is 9.16. The predicted molar refractivity (Wildman–Crippen MR) is 114 cm³/mol. The molecule has 0 aliphatic carbocycles. The van der Waals surface area contributed by atoms with Crippen molar-refractivity contribution in [1.29, 1.82) is 0 Å². The molecule has 1 aromatic heterocycles. The molecule has 6 nitrogen and oxygen atoms in total. The Morgan fingerprint density at radius 1 is 1.21 bits per heavy atom. The number of halogens is 1. The number of carbonyl (C=O) groups excluding carboxylic acids is 1. The Labute approximate surface area is 174 Å². The van der Waals surface area contributed by atoms with Gasteiger partial charge in [-0.3, -0.25) is 9.59 Å². The smallest absolute Gasteiger partial charge is 0.271 e. The first-order chi connectivity index (χ1) is 13.9. The highest BCUT2D eigenvalue weighted by Gasteiger charge is 2.20. The van der Waals surface area contributed by atoms with E-state index in [1.54, 1.807) is 51.3 Å². The first-order valence-corrected chi connectivity index (χ1v) is 9.54. The van der Waals surface area contributed by atoms with Gasteiger partial charge in [0, 0.05) is 22.7 Å². The molecule has 0 spiro atoms. The number of rotatable bonds is 6. The van der Waals surface area contributed by atoms with Crippen molar-refractivity contribution in [3.63, 3.8) is 0 Å². The van der Waals surface area contributed by atoms with Crippen LogP contribution in [0.25, 0.3) is 0 Å². The molecule has 1 unspecified atom stereocenters. The number of amides is 1. The van der Waals surface area contributed by atoms with Gasteiger partial charge in [-0.25, -0.2) is 4.68 Å². The maximum absolute atomic E-state index is 13.0. The highest BCUT2D eigenvalue weighted by atomic mass is 35.5. The molecule has 2 aromatic carbocycles. The van der Waals surface area contributed by atoms with Gasteiger partial charge < -0.3 is 10.1 Å². The molecule has 1 amide bonds. The number of hydrogen-bond acceptors (Lipinski definition) is 4. The molecule has 0 radical (unpaired) electrons. The Kier molecular flexibility index (Phi) is 6.34. The molecule has 1 atom stereocenters. The van der Waals surface area contributed by atoms with Crippen molar-refractivity contribution in [3.8, 4) is 5.75 Å². The zero-order chi connectivity index (χ0) is 21.0. The minimum atomic E-state index is -0.776. The minimum Gasteiger partial charge on any atom is -0.497 e. The number of aryl methyl sites for hydroxylation is 1. The number of nitrogens with zero attached hydrogens (tertiary/aromatic N) is 2. The summed E-state index contributed by atoms with van der Waals surface area (Å²) in [7, 11) is 1.60. The van der Waals surface area contributed by atoms with Crippen molar-refractivity contribution in [2.45, 2.75) is 26.3 Å². The van der Waals surface area contributed by atoms with Crippen LogP contribution in [0.3, 0.4) is 0 Å². The highest BCUT2D eigenvalue weighted by Crippen LogP contribution is 2.17. The van der Waals surface area contributed by atoms with E-state index in [1.807, 2.05) is 24.3 Å². The summed E-state index contributed by atoms with van der Waals surface area (Å²) >= 11 is 5.87. The van der Waals surface area contributed by atoms with E-state index in [4.69, 9.17) is 16.3 Å². The number of anilines is 1. The summed E-state index contributed by atoms with van der Waals surface area (Å²) in [6.07, 6.45) is 0.422. The molecule has 0 saturated carbocycles. The Bertz CT molecular complexity index is 1080. The van der Waals surface area contributed by atoms with Gasteiger partial charge in [0.1, 0.15) is 11.8 Å². The maximum atomic E-state index is 13.0. The lowest BCUT2D eigenvalue weighted by atomic mass is 10.1. The van der Waals surface area contributed by atoms with Crippen LogP contribution in [0.4, 0.5) is 5.69 Å². The molecule has 150 valence electrons. The number of hydrogen-bond donors (Lipinski definition) is 1. The van der Waals surface area contributed by atoms with Gasteiger partial charge in [-0.2, -0.15) is 5.10 Å². The lowest BCUT2D eigenvalue weighted by molar-refractivity contribution is -0.119. The summed E-state index contributed by atoms with van der Waals surface area (Å²) < 4.78 is 6.48. The third-order valence-corrected chi connectivity index (χ3v) is 4.77. The van der Waals surface area contributed by atoms with Crippen molar-refractivity contribution in [2.24, 2.45) is 0 Å². The second-order valence-electron chi connectivity index (χ2n) is 6.76. The standard InChI is InChI=1S/C22H22ClN3O3/c1-14-11-17(12-16-5-4-6-20(13-16)29-3)22(28)26(25-14)15(2)21(27)24-19-9-7-18(23)8-10-19/h4-11,13,15H,12H2,1-3H3,(H,24,27). The normalized spacial score (nSPS) is 11.7. The largest absolute Gasteiger partial charge is 0.497 e. The third kappa shape index (κ3) is 5.03. The summed E-state index contributed by atoms with van der Waals surface area (Å²) in [6.45, 7) is 3.45. The quantitative estimate of drug-likeness (QED) is 0.665. The molecule has 0 aliphatic rings. The van der Waals surface area contributed by atoms with Crippen LogP contribution >= 0.6 is 11.6 Å². The molecule has 3 aromatic rings. The van der Waals surface area contributed by atoms with Crippen molar-refractivity contribution in [2.75, 3.05) is 12.4 Å². The zero-order valence-electron chi connectivity index (χ0n) is 16.5. The van der Waals surface area contributed by atoms with E-state index in [-0.39, 0.29) is 11.5 Å². The molecule has 29 heavy (non-hydrogen) atoms. The van der Waals surface area contributed by atoms with Gasteiger partial charge >= 0.3 is 0 Å². The number of aromatic nitrogens is 2. The minimum absolute atomic E-state index is 0.294. The van der Waals surface area contributed by atoms with Gasteiger partial charge in [-0.05, 0) is 61.9 Å². The van der Waals surface area contributed by atoms with Crippen LogP contribution in [0, 0.1) is 6.92 Å². The van der Waals surface area contributed by atoms with Gasteiger partial charge in [0.05, 0.1) is 12.8 Å². The fraction of sp³-hybridized carbons (Fsp3) is 0.227. The summed E-state index contributed by atoms with van der Waals surface area (Å²) in [5.74, 6) is 0.393. The average Bonchev–Trinajstić information content (AvgIpc) is 2.71. The van der Waals surface area contributed by atoms with Crippen molar-refractivity contribution >= 4 is 23.2 Å². The molecule has 0 saturated heterocycles. The zero-order valence-corrected chi connectivity index (χ0v) is 17.2. The summed E-state index contributed by atoms with van der Waals surface area (Å²) in [6, 6.07) is 15.3. The van der Waals surface area contributed by atoms with E-state index < -0.39 is 6.04 Å². The summed E-state index contributed by atoms with van der Waals surface area (Å²) in [5, 5.41) is 7.65. The topological polar surface area (TPSA) is 73.2 Å². The van der Waals surface area contributed by atoms with E-state index in [0.717, 1.165) is 11.3 Å². The Morgan fingerprint density at radius 2 is 1.93 bits per heavy atom.